The zero-order valence-corrected chi connectivity index (χ0v) is 17.4. The van der Waals surface area contributed by atoms with Crippen LogP contribution in [-0.2, 0) is 10.0 Å². The van der Waals surface area contributed by atoms with E-state index >= 15 is 0 Å². The largest absolute Gasteiger partial charge is 0.264 e. The monoisotopic (exact) mass is 454 g/mol. The van der Waals surface area contributed by atoms with Gasteiger partial charge in [-0.05, 0) is 19.1 Å². The van der Waals surface area contributed by atoms with Crippen LogP contribution in [0.3, 0.4) is 0 Å². The normalized spacial score (nSPS) is 11.1. The average Bonchev–Trinajstić information content (AvgIpc) is 2.76. The van der Waals surface area contributed by atoms with Crippen molar-refractivity contribution in [1.82, 2.24) is 24.9 Å². The van der Waals surface area contributed by atoms with Crippen LogP contribution in [0.4, 0.5) is 10.2 Å². The Bertz CT molecular complexity index is 1480. The van der Waals surface area contributed by atoms with E-state index in [4.69, 9.17) is 11.6 Å². The lowest BCUT2D eigenvalue weighted by molar-refractivity contribution is 0.596. The number of halogens is 2. The third-order valence-corrected chi connectivity index (χ3v) is 5.79. The fourth-order valence-corrected chi connectivity index (χ4v) is 4.13. The van der Waals surface area contributed by atoms with Gasteiger partial charge in [0.1, 0.15) is 15.9 Å². The molecule has 0 atom stereocenters. The zero-order valence-electron chi connectivity index (χ0n) is 15.8. The molecule has 0 amide bonds. The highest BCUT2D eigenvalue weighted by Gasteiger charge is 2.21. The fraction of sp³-hybridized carbons (Fsp3) is 0.0500. The first-order valence-corrected chi connectivity index (χ1v) is 10.6. The highest BCUT2D eigenvalue weighted by atomic mass is 35.5. The number of aromatic nitrogens is 5. The molecule has 0 saturated carbocycles. The maximum Gasteiger partial charge on any atom is 0.264 e. The van der Waals surface area contributed by atoms with Crippen LogP contribution in [0.5, 0.6) is 0 Å². The molecule has 0 fully saturated rings. The summed E-state index contributed by atoms with van der Waals surface area (Å²) in [5.74, 6) is 4.04. The molecule has 0 spiro atoms. The number of pyridine rings is 3. The van der Waals surface area contributed by atoms with Crippen molar-refractivity contribution in [3.8, 4) is 11.8 Å². The van der Waals surface area contributed by atoms with Gasteiger partial charge in [-0.1, -0.05) is 23.4 Å². The van der Waals surface area contributed by atoms with Crippen molar-refractivity contribution in [3.05, 3.63) is 77.0 Å². The molecule has 154 valence electrons. The summed E-state index contributed by atoms with van der Waals surface area (Å²) in [6.07, 6.45) is 8.63. The third-order valence-electron chi connectivity index (χ3n) is 4.13. The van der Waals surface area contributed by atoms with Gasteiger partial charge in [-0.25, -0.2) is 17.8 Å². The molecular formula is C20H12ClFN6O2S. The number of nitrogens with one attached hydrogen (secondary N) is 1. The molecule has 4 heterocycles. The summed E-state index contributed by atoms with van der Waals surface area (Å²) in [6.45, 7) is 1.50. The van der Waals surface area contributed by atoms with Crippen molar-refractivity contribution in [1.29, 1.82) is 0 Å². The molecule has 0 radical (unpaired) electrons. The van der Waals surface area contributed by atoms with Gasteiger partial charge in [0.25, 0.3) is 10.0 Å². The lowest BCUT2D eigenvalue weighted by Gasteiger charge is -2.10. The molecule has 0 bridgehead atoms. The van der Waals surface area contributed by atoms with Gasteiger partial charge in [0.15, 0.2) is 11.6 Å². The van der Waals surface area contributed by atoms with Crippen LogP contribution in [0.1, 0.15) is 16.8 Å². The van der Waals surface area contributed by atoms with E-state index in [1.165, 1.54) is 50.0 Å². The van der Waals surface area contributed by atoms with Crippen molar-refractivity contribution in [3.63, 3.8) is 0 Å². The summed E-state index contributed by atoms with van der Waals surface area (Å²) >= 11 is 5.85. The van der Waals surface area contributed by atoms with Crippen LogP contribution in [0, 0.1) is 24.6 Å². The highest BCUT2D eigenvalue weighted by Crippen LogP contribution is 2.23. The number of nitrogens with zero attached hydrogens (tertiary/aromatic N) is 5. The first kappa shape index (κ1) is 20.6. The van der Waals surface area contributed by atoms with E-state index in [9.17, 15) is 12.8 Å². The number of rotatable bonds is 3. The van der Waals surface area contributed by atoms with E-state index in [0.29, 0.717) is 16.6 Å². The van der Waals surface area contributed by atoms with E-state index in [2.05, 4.69) is 41.5 Å². The first-order valence-electron chi connectivity index (χ1n) is 8.71. The number of hydrogen-bond donors (Lipinski definition) is 1. The minimum Gasteiger partial charge on any atom is -0.261 e. The Morgan fingerprint density at radius 2 is 1.77 bits per heavy atom. The predicted octanol–water partition coefficient (Wildman–Crippen LogP) is 3.12. The predicted molar refractivity (Wildman–Crippen MR) is 112 cm³/mol. The van der Waals surface area contributed by atoms with E-state index in [1.807, 2.05) is 0 Å². The second-order valence-corrected chi connectivity index (χ2v) is 8.31. The molecule has 0 aromatic carbocycles. The smallest absolute Gasteiger partial charge is 0.261 e. The van der Waals surface area contributed by atoms with E-state index in [0.717, 1.165) is 0 Å². The molecule has 0 aliphatic heterocycles. The van der Waals surface area contributed by atoms with E-state index < -0.39 is 21.7 Å². The van der Waals surface area contributed by atoms with E-state index in [-0.39, 0.29) is 21.2 Å². The fourth-order valence-electron chi connectivity index (χ4n) is 2.68. The van der Waals surface area contributed by atoms with Gasteiger partial charge in [0.2, 0.25) is 0 Å². The van der Waals surface area contributed by atoms with Crippen LogP contribution >= 0.6 is 11.6 Å². The van der Waals surface area contributed by atoms with Gasteiger partial charge in [0, 0.05) is 31.0 Å². The Morgan fingerprint density at radius 3 is 2.61 bits per heavy atom. The van der Waals surface area contributed by atoms with Crippen LogP contribution in [0.25, 0.3) is 11.0 Å². The molecule has 0 unspecified atom stereocenters. The second-order valence-electron chi connectivity index (χ2n) is 6.22. The van der Waals surface area contributed by atoms with Crippen molar-refractivity contribution >= 4 is 38.5 Å². The van der Waals surface area contributed by atoms with Crippen molar-refractivity contribution < 1.29 is 12.8 Å². The van der Waals surface area contributed by atoms with Crippen LogP contribution < -0.4 is 4.72 Å². The lowest BCUT2D eigenvalue weighted by atomic mass is 10.2. The first-order chi connectivity index (χ1) is 14.8. The van der Waals surface area contributed by atoms with Crippen molar-refractivity contribution in [2.45, 2.75) is 11.8 Å². The van der Waals surface area contributed by atoms with Gasteiger partial charge in [-0.3, -0.25) is 24.7 Å². The molecule has 4 aromatic rings. The van der Waals surface area contributed by atoms with Crippen LogP contribution in [-0.4, -0.2) is 33.3 Å². The molecule has 8 nitrogen and oxygen atoms in total. The summed E-state index contributed by atoms with van der Waals surface area (Å²) in [7, 11) is -4.18. The molecule has 0 saturated heterocycles. The summed E-state index contributed by atoms with van der Waals surface area (Å²) in [5, 5.41) is 0.130. The average molecular weight is 455 g/mol. The van der Waals surface area contributed by atoms with Gasteiger partial charge in [-0.15, -0.1) is 0 Å². The van der Waals surface area contributed by atoms with Crippen molar-refractivity contribution in [2.75, 3.05) is 4.72 Å². The molecule has 0 aliphatic rings. The molecule has 1 N–H and O–H groups in total. The van der Waals surface area contributed by atoms with Gasteiger partial charge in [0.05, 0.1) is 28.0 Å². The summed E-state index contributed by atoms with van der Waals surface area (Å²) in [6, 6.07) is 2.55. The van der Waals surface area contributed by atoms with Gasteiger partial charge >= 0.3 is 0 Å². The maximum atomic E-state index is 14.9. The number of fused-ring (bicyclic) bond motifs is 1. The quantitative estimate of drug-likeness (QED) is 0.473. The highest BCUT2D eigenvalue weighted by molar-refractivity contribution is 7.92. The van der Waals surface area contributed by atoms with Gasteiger partial charge in [-0.2, -0.15) is 0 Å². The Hall–Kier alpha value is -3.68. The molecule has 31 heavy (non-hydrogen) atoms. The standard InChI is InChI=1S/C20H12ClFN6O2S/c1-12-17(8-15(21)10-27-12)31(29,30)28-20-18(22)13(4-5-26-20)2-3-14-9-23-11-16-19(14)25-7-6-24-16/h4-11H,1H3,(H,26,28). The second kappa shape index (κ2) is 8.22. The Labute approximate surface area is 181 Å². The third kappa shape index (κ3) is 4.28. The topological polar surface area (TPSA) is 111 Å². The molecule has 4 aromatic heterocycles. The minimum absolute atomic E-state index is 0.0606. The summed E-state index contributed by atoms with van der Waals surface area (Å²) in [4.78, 5) is 19.9. The van der Waals surface area contributed by atoms with Crippen molar-refractivity contribution in [2.24, 2.45) is 0 Å². The molecular weight excluding hydrogens is 443 g/mol. The Kier molecular flexibility index (Phi) is 5.46. The lowest BCUT2D eigenvalue weighted by Crippen LogP contribution is -2.17. The summed E-state index contributed by atoms with van der Waals surface area (Å²) in [5.41, 5.74) is 1.66. The number of hydrogen-bond acceptors (Lipinski definition) is 7. The molecule has 0 aliphatic carbocycles. The van der Waals surface area contributed by atoms with Gasteiger partial charge < -0.3 is 0 Å². The van der Waals surface area contributed by atoms with E-state index in [1.54, 1.807) is 6.20 Å². The van der Waals surface area contributed by atoms with Crippen LogP contribution in [0.2, 0.25) is 5.02 Å². The summed E-state index contributed by atoms with van der Waals surface area (Å²) < 4.78 is 42.4. The van der Waals surface area contributed by atoms with Crippen LogP contribution in [0.15, 0.2) is 54.2 Å². The Balaban J connectivity index is 1.70. The SMILES string of the molecule is Cc1ncc(Cl)cc1S(=O)(=O)Nc1nccc(C#Cc2cncc3nccnc23)c1F. The minimum atomic E-state index is -4.18. The number of sulfonamides is 1. The number of aryl methyl sites for hydroxylation is 1. The number of anilines is 1. The molecule has 11 heteroatoms. The molecule has 4 rings (SSSR count). The zero-order chi connectivity index (χ0) is 22.0. The maximum absolute atomic E-state index is 14.9. The Morgan fingerprint density at radius 1 is 1.00 bits per heavy atom.